The number of rotatable bonds is 9. The number of anilines is 3. The molecule has 1 atom stereocenters. The molecule has 3 aromatic rings. The monoisotopic (exact) mass is 580 g/mol. The van der Waals surface area contributed by atoms with Crippen LogP contribution >= 0.6 is 11.6 Å². The number of halogens is 2. The Balaban J connectivity index is 1.63. The van der Waals surface area contributed by atoms with E-state index in [0.717, 1.165) is 29.0 Å². The molecule has 0 aliphatic carbocycles. The van der Waals surface area contributed by atoms with E-state index in [2.05, 4.69) is 10.4 Å². The van der Waals surface area contributed by atoms with Crippen LogP contribution in [0, 0.1) is 5.82 Å². The van der Waals surface area contributed by atoms with Crippen molar-refractivity contribution in [1.82, 2.24) is 4.90 Å². The third-order valence-electron chi connectivity index (χ3n) is 6.37. The zero-order valence-electron chi connectivity index (χ0n) is 21.5. The Labute approximate surface area is 239 Å². The summed E-state index contributed by atoms with van der Waals surface area (Å²) in [6, 6.07) is 15.7. The molecule has 0 aromatic heterocycles. The zero-order valence-corrected chi connectivity index (χ0v) is 22.3. The van der Waals surface area contributed by atoms with Crippen molar-refractivity contribution in [3.8, 4) is 0 Å². The molecule has 1 aliphatic heterocycles. The topological polar surface area (TPSA) is 180 Å². The Morgan fingerprint density at radius 1 is 1.07 bits per heavy atom. The second kappa shape index (κ2) is 12.4. The molecule has 4 rings (SSSR count). The van der Waals surface area contributed by atoms with Crippen LogP contribution in [0.25, 0.3) is 0 Å². The van der Waals surface area contributed by atoms with Gasteiger partial charge in [-0.3, -0.25) is 29.1 Å². The van der Waals surface area contributed by atoms with E-state index in [9.17, 15) is 23.6 Å². The highest BCUT2D eigenvalue weighted by atomic mass is 35.5. The van der Waals surface area contributed by atoms with E-state index in [-0.39, 0.29) is 23.4 Å². The summed E-state index contributed by atoms with van der Waals surface area (Å²) >= 11 is 6.17. The molecule has 12 nitrogen and oxygen atoms in total. The van der Waals surface area contributed by atoms with E-state index in [4.69, 9.17) is 29.0 Å². The summed E-state index contributed by atoms with van der Waals surface area (Å²) in [6.45, 7) is -0.861. The highest BCUT2D eigenvalue weighted by molar-refractivity contribution is 6.31. The number of primary amides is 1. The third kappa shape index (κ3) is 6.59. The molecule has 1 unspecified atom stereocenters. The molecule has 41 heavy (non-hydrogen) atoms. The molecule has 4 amide bonds. The number of carbonyl (C=O) groups excluding carboxylic acids is 4. The molecule has 14 heteroatoms. The maximum atomic E-state index is 14.3. The largest absolute Gasteiger partial charge is 0.366 e. The van der Waals surface area contributed by atoms with Gasteiger partial charge in [-0.2, -0.15) is 5.10 Å². The van der Waals surface area contributed by atoms with E-state index in [1.54, 1.807) is 36.4 Å². The molecule has 3 aromatic carbocycles. The van der Waals surface area contributed by atoms with Crippen molar-refractivity contribution in [1.29, 1.82) is 0 Å². The molecule has 7 N–H and O–H groups in total. The lowest BCUT2D eigenvalue weighted by Gasteiger charge is -2.38. The average Bonchev–Trinajstić information content (AvgIpc) is 2.93. The van der Waals surface area contributed by atoms with Gasteiger partial charge in [0.15, 0.2) is 0 Å². The van der Waals surface area contributed by atoms with Crippen LogP contribution in [0.4, 0.5) is 21.5 Å². The number of nitrogens with two attached hydrogens (primary N) is 3. The Morgan fingerprint density at radius 3 is 2.46 bits per heavy atom. The molecule has 1 saturated heterocycles. The molecule has 0 spiro atoms. The van der Waals surface area contributed by atoms with Crippen LogP contribution in [-0.4, -0.2) is 54.0 Å². The molecule has 212 valence electrons. The van der Waals surface area contributed by atoms with Gasteiger partial charge in [0.2, 0.25) is 17.7 Å². The van der Waals surface area contributed by atoms with Gasteiger partial charge in [-0.05, 0) is 42.0 Å². The summed E-state index contributed by atoms with van der Waals surface area (Å²) in [5, 5.41) is 7.31. The standard InChI is InChI=1S/C27H26ClFN8O4/c28-17-6-9-21(37(32)15-33-31)22(11-17)35-13-25(39)36(14-24(35)38)23(10-16-4-2-1-3-5-16)27(41)34-18-7-8-19(26(30)40)20(29)12-18/h1-9,11-12,15,23H,10,13-14,31-32H2,(H2,30,40)(H,34,41)/b33-15-. The highest BCUT2D eigenvalue weighted by Gasteiger charge is 2.39. The first kappa shape index (κ1) is 29.0. The molecule has 0 saturated carbocycles. The number of hydrazone groups is 1. The second-order valence-electron chi connectivity index (χ2n) is 9.06. The first-order valence-electron chi connectivity index (χ1n) is 12.2. The second-order valence-corrected chi connectivity index (χ2v) is 9.50. The highest BCUT2D eigenvalue weighted by Crippen LogP contribution is 2.32. The van der Waals surface area contributed by atoms with Crippen molar-refractivity contribution in [2.24, 2.45) is 22.5 Å². The fourth-order valence-electron chi connectivity index (χ4n) is 4.40. The SMILES string of the molecule is N/N=C\N(N)c1ccc(Cl)cc1N1CC(=O)N(C(Cc2ccccc2)C(=O)Nc2ccc(C(N)=O)c(F)c2)CC1=O. The predicted molar refractivity (Wildman–Crippen MR) is 152 cm³/mol. The number of piperazine rings is 1. The van der Waals surface area contributed by atoms with E-state index >= 15 is 0 Å². The Kier molecular flexibility index (Phi) is 8.80. The van der Waals surface area contributed by atoms with Crippen molar-refractivity contribution in [2.75, 3.05) is 28.3 Å². The van der Waals surface area contributed by atoms with Crippen LogP contribution < -0.4 is 32.6 Å². The van der Waals surface area contributed by atoms with Gasteiger partial charge >= 0.3 is 0 Å². The summed E-state index contributed by atoms with van der Waals surface area (Å²) in [7, 11) is 0. The summed E-state index contributed by atoms with van der Waals surface area (Å²) in [5.41, 5.74) is 6.13. The van der Waals surface area contributed by atoms with Crippen LogP contribution in [0.5, 0.6) is 0 Å². The number of hydrazine groups is 1. The summed E-state index contributed by atoms with van der Waals surface area (Å²) in [4.78, 5) is 54.2. The van der Waals surface area contributed by atoms with Gasteiger partial charge < -0.3 is 21.8 Å². The Bertz CT molecular complexity index is 1520. The number of amides is 4. The van der Waals surface area contributed by atoms with Crippen molar-refractivity contribution in [2.45, 2.75) is 12.5 Å². The van der Waals surface area contributed by atoms with Gasteiger partial charge in [-0.25, -0.2) is 10.2 Å². The number of benzene rings is 3. The van der Waals surface area contributed by atoms with Crippen LogP contribution in [0.2, 0.25) is 5.02 Å². The molecular weight excluding hydrogens is 555 g/mol. The van der Waals surface area contributed by atoms with Gasteiger partial charge in [-0.15, -0.1) is 0 Å². The van der Waals surface area contributed by atoms with Gasteiger partial charge in [0.25, 0.3) is 5.91 Å². The van der Waals surface area contributed by atoms with Gasteiger partial charge in [0.1, 0.15) is 31.3 Å². The summed E-state index contributed by atoms with van der Waals surface area (Å²) in [6.07, 6.45) is 1.19. The third-order valence-corrected chi connectivity index (χ3v) is 6.61. The molecular formula is C27H26ClFN8O4. The van der Waals surface area contributed by atoms with Crippen LogP contribution in [0.3, 0.4) is 0 Å². The summed E-state index contributed by atoms with van der Waals surface area (Å²) in [5.74, 6) is 7.61. The van der Waals surface area contributed by atoms with E-state index in [0.29, 0.717) is 10.7 Å². The smallest absolute Gasteiger partial charge is 0.251 e. The quantitative estimate of drug-likeness (QED) is 0.128. The number of hydrogen-bond donors (Lipinski definition) is 4. The minimum atomic E-state index is -1.14. The molecule has 0 bridgehead atoms. The summed E-state index contributed by atoms with van der Waals surface area (Å²) < 4.78 is 14.3. The van der Waals surface area contributed by atoms with Crippen LogP contribution in [-0.2, 0) is 20.8 Å². The lowest BCUT2D eigenvalue weighted by molar-refractivity contribution is -0.143. The number of carbonyl (C=O) groups is 4. The molecule has 1 fully saturated rings. The van der Waals surface area contributed by atoms with Gasteiger partial charge in [0.05, 0.1) is 16.9 Å². The lowest BCUT2D eigenvalue weighted by atomic mass is 10.0. The maximum Gasteiger partial charge on any atom is 0.251 e. The van der Waals surface area contributed by atoms with Crippen molar-refractivity contribution in [3.05, 3.63) is 88.7 Å². The average molecular weight is 581 g/mol. The minimum absolute atomic E-state index is 0.0427. The first-order valence-corrected chi connectivity index (χ1v) is 12.6. The number of hydrogen-bond acceptors (Lipinski definition) is 7. The van der Waals surface area contributed by atoms with Crippen molar-refractivity contribution < 1.29 is 23.6 Å². The molecule has 0 radical (unpaired) electrons. The van der Waals surface area contributed by atoms with Gasteiger partial charge in [0, 0.05) is 17.1 Å². The molecule has 1 heterocycles. The fourth-order valence-corrected chi connectivity index (χ4v) is 4.57. The van der Waals surface area contributed by atoms with Crippen molar-refractivity contribution >= 4 is 58.6 Å². The lowest BCUT2D eigenvalue weighted by Crippen LogP contribution is -2.60. The van der Waals surface area contributed by atoms with Crippen molar-refractivity contribution in [3.63, 3.8) is 0 Å². The Morgan fingerprint density at radius 2 is 1.80 bits per heavy atom. The van der Waals surface area contributed by atoms with Gasteiger partial charge in [-0.1, -0.05) is 41.9 Å². The zero-order chi connectivity index (χ0) is 29.7. The fraction of sp³-hybridized carbons (Fsp3) is 0.148. The minimum Gasteiger partial charge on any atom is -0.366 e. The maximum absolute atomic E-state index is 14.3. The van der Waals surface area contributed by atoms with E-state index < -0.39 is 48.6 Å². The number of nitrogens with zero attached hydrogens (tertiary/aromatic N) is 4. The predicted octanol–water partition coefficient (Wildman–Crippen LogP) is 1.59. The van der Waals surface area contributed by atoms with E-state index in [1.165, 1.54) is 28.0 Å². The molecule has 1 aliphatic rings. The van der Waals surface area contributed by atoms with E-state index in [1.807, 2.05) is 0 Å². The van der Waals surface area contributed by atoms with Crippen LogP contribution in [0.15, 0.2) is 71.8 Å². The number of nitrogens with one attached hydrogen (secondary N) is 1. The normalized spacial score (nSPS) is 14.3. The van der Waals surface area contributed by atoms with Crippen LogP contribution in [0.1, 0.15) is 15.9 Å². The first-order chi connectivity index (χ1) is 19.6. The Hall–Kier alpha value is -5.01.